The van der Waals surface area contributed by atoms with E-state index < -0.39 is 0 Å². The van der Waals surface area contributed by atoms with Crippen LogP contribution in [-0.2, 0) is 0 Å². The second-order valence-corrected chi connectivity index (χ2v) is 5.12. The van der Waals surface area contributed by atoms with Crippen molar-refractivity contribution in [3.8, 4) is 17.6 Å². The van der Waals surface area contributed by atoms with E-state index in [0.717, 1.165) is 43.0 Å². The Hall–Kier alpha value is -1.73. The number of nitriles is 1. The zero-order chi connectivity index (χ0) is 13.1. The van der Waals surface area contributed by atoms with Crippen LogP contribution in [0, 0.1) is 17.2 Å². The van der Waals surface area contributed by atoms with Gasteiger partial charge in [-0.2, -0.15) is 5.26 Å². The molecule has 1 aromatic rings. The predicted molar refractivity (Wildman–Crippen MR) is 71.4 cm³/mol. The Morgan fingerprint density at radius 2 is 2.11 bits per heavy atom. The third-order valence-corrected chi connectivity index (χ3v) is 3.87. The topological polar surface area (TPSA) is 54.3 Å². The second-order valence-electron chi connectivity index (χ2n) is 5.12. The lowest BCUT2D eigenvalue weighted by Gasteiger charge is -2.27. The smallest absolute Gasteiger partial charge is 0.161 e. The summed E-state index contributed by atoms with van der Waals surface area (Å²) in [5.41, 5.74) is 1.04. The van der Waals surface area contributed by atoms with Gasteiger partial charge in [0.15, 0.2) is 11.5 Å². The molecule has 2 atom stereocenters. The van der Waals surface area contributed by atoms with E-state index in [9.17, 15) is 5.26 Å². The Morgan fingerprint density at radius 1 is 1.26 bits per heavy atom. The first-order valence-corrected chi connectivity index (χ1v) is 6.88. The molecule has 0 saturated carbocycles. The van der Waals surface area contributed by atoms with Gasteiger partial charge in [-0.1, -0.05) is 6.07 Å². The van der Waals surface area contributed by atoms with Crippen LogP contribution in [0.2, 0.25) is 0 Å². The number of fused-ring (bicyclic) bond motifs is 1. The Morgan fingerprint density at radius 3 is 2.84 bits per heavy atom. The average Bonchev–Trinajstić information content (AvgIpc) is 2.49. The normalized spacial score (nSPS) is 23.4. The fourth-order valence-corrected chi connectivity index (χ4v) is 2.87. The van der Waals surface area contributed by atoms with Gasteiger partial charge in [0.25, 0.3) is 0 Å². The summed E-state index contributed by atoms with van der Waals surface area (Å²) in [5, 5.41) is 12.9. The summed E-state index contributed by atoms with van der Waals surface area (Å²) in [4.78, 5) is 0. The molecule has 1 fully saturated rings. The van der Waals surface area contributed by atoms with Crippen LogP contribution >= 0.6 is 0 Å². The Kier molecular flexibility index (Phi) is 3.56. The molecular formula is C15H18N2O2. The number of piperidine rings is 1. The van der Waals surface area contributed by atoms with Gasteiger partial charge in [-0.3, -0.25) is 0 Å². The number of rotatable bonds is 2. The molecular weight excluding hydrogens is 240 g/mol. The Labute approximate surface area is 113 Å². The Balaban J connectivity index is 1.84. The van der Waals surface area contributed by atoms with Crippen molar-refractivity contribution in [3.63, 3.8) is 0 Å². The van der Waals surface area contributed by atoms with Crippen LogP contribution < -0.4 is 14.8 Å². The van der Waals surface area contributed by atoms with Gasteiger partial charge in [0.2, 0.25) is 0 Å². The molecule has 19 heavy (non-hydrogen) atoms. The van der Waals surface area contributed by atoms with Crippen LogP contribution in [-0.4, -0.2) is 26.3 Å². The van der Waals surface area contributed by atoms with E-state index in [0.29, 0.717) is 19.1 Å². The van der Waals surface area contributed by atoms with Crippen molar-refractivity contribution in [1.82, 2.24) is 5.32 Å². The van der Waals surface area contributed by atoms with Gasteiger partial charge in [-0.05, 0) is 49.5 Å². The highest BCUT2D eigenvalue weighted by Crippen LogP contribution is 2.36. The van der Waals surface area contributed by atoms with Gasteiger partial charge in [-0.15, -0.1) is 0 Å². The molecule has 1 aromatic carbocycles. The van der Waals surface area contributed by atoms with Gasteiger partial charge in [0, 0.05) is 0 Å². The summed E-state index contributed by atoms with van der Waals surface area (Å²) < 4.78 is 11.1. The summed E-state index contributed by atoms with van der Waals surface area (Å²) in [6.45, 7) is 3.17. The van der Waals surface area contributed by atoms with Crippen LogP contribution in [0.3, 0.4) is 0 Å². The van der Waals surface area contributed by atoms with E-state index in [1.807, 2.05) is 18.2 Å². The summed E-state index contributed by atoms with van der Waals surface area (Å²) in [5.74, 6) is 1.88. The minimum Gasteiger partial charge on any atom is -0.486 e. The lowest BCUT2D eigenvalue weighted by molar-refractivity contribution is 0.171. The van der Waals surface area contributed by atoms with E-state index >= 15 is 0 Å². The van der Waals surface area contributed by atoms with Crippen molar-refractivity contribution in [1.29, 1.82) is 5.26 Å². The number of hydrogen-bond donors (Lipinski definition) is 1. The van der Waals surface area contributed by atoms with Crippen LogP contribution in [0.4, 0.5) is 0 Å². The van der Waals surface area contributed by atoms with Crippen LogP contribution in [0.25, 0.3) is 0 Å². The molecule has 1 N–H and O–H groups in total. The lowest BCUT2D eigenvalue weighted by atomic mass is 9.82. The SMILES string of the molecule is N#CC(c1ccc2c(c1)OCCO2)C1CCCNC1. The van der Waals surface area contributed by atoms with E-state index in [2.05, 4.69) is 11.4 Å². The number of nitrogens with one attached hydrogen (secondary N) is 1. The van der Waals surface area contributed by atoms with Gasteiger partial charge < -0.3 is 14.8 Å². The molecule has 0 aromatic heterocycles. The highest BCUT2D eigenvalue weighted by molar-refractivity contribution is 5.46. The van der Waals surface area contributed by atoms with E-state index in [1.54, 1.807) is 0 Å². The largest absolute Gasteiger partial charge is 0.486 e. The summed E-state index contributed by atoms with van der Waals surface area (Å²) >= 11 is 0. The maximum atomic E-state index is 9.49. The number of ether oxygens (including phenoxy) is 2. The van der Waals surface area contributed by atoms with Crippen LogP contribution in [0.5, 0.6) is 11.5 Å². The molecule has 0 radical (unpaired) electrons. The van der Waals surface area contributed by atoms with Gasteiger partial charge in [-0.25, -0.2) is 0 Å². The number of benzene rings is 1. The maximum absolute atomic E-state index is 9.49. The standard InChI is InChI=1S/C15H18N2O2/c16-9-13(12-2-1-5-17-10-12)11-3-4-14-15(8-11)19-7-6-18-14/h3-4,8,12-13,17H,1-2,5-7,10H2. The summed E-state index contributed by atoms with van der Waals surface area (Å²) in [7, 11) is 0. The quantitative estimate of drug-likeness (QED) is 0.882. The van der Waals surface area contributed by atoms with Crippen molar-refractivity contribution in [2.75, 3.05) is 26.3 Å². The van der Waals surface area contributed by atoms with Gasteiger partial charge >= 0.3 is 0 Å². The van der Waals surface area contributed by atoms with Crippen molar-refractivity contribution >= 4 is 0 Å². The maximum Gasteiger partial charge on any atom is 0.161 e. The molecule has 4 nitrogen and oxygen atoms in total. The minimum atomic E-state index is -0.0661. The van der Waals surface area contributed by atoms with Crippen LogP contribution in [0.1, 0.15) is 24.3 Å². The van der Waals surface area contributed by atoms with Crippen molar-refractivity contribution < 1.29 is 9.47 Å². The average molecular weight is 258 g/mol. The lowest BCUT2D eigenvalue weighted by Crippen LogP contribution is -2.33. The molecule has 3 rings (SSSR count). The molecule has 0 aliphatic carbocycles. The van der Waals surface area contributed by atoms with E-state index in [4.69, 9.17) is 9.47 Å². The third kappa shape index (κ3) is 2.52. The summed E-state index contributed by atoms with van der Waals surface area (Å²) in [6.07, 6.45) is 2.26. The highest BCUT2D eigenvalue weighted by atomic mass is 16.6. The molecule has 2 aliphatic heterocycles. The summed E-state index contributed by atoms with van der Waals surface area (Å²) in [6, 6.07) is 8.34. The molecule has 4 heteroatoms. The highest BCUT2D eigenvalue weighted by Gasteiger charge is 2.26. The van der Waals surface area contributed by atoms with Crippen molar-refractivity contribution in [2.24, 2.45) is 5.92 Å². The first-order valence-electron chi connectivity index (χ1n) is 6.88. The molecule has 0 spiro atoms. The van der Waals surface area contributed by atoms with Crippen molar-refractivity contribution in [3.05, 3.63) is 23.8 Å². The Bertz CT molecular complexity index is 489. The minimum absolute atomic E-state index is 0.0661. The van der Waals surface area contributed by atoms with Crippen molar-refractivity contribution in [2.45, 2.75) is 18.8 Å². The zero-order valence-corrected chi connectivity index (χ0v) is 10.9. The predicted octanol–water partition coefficient (Wildman–Crippen LogP) is 2.06. The zero-order valence-electron chi connectivity index (χ0n) is 10.9. The van der Waals surface area contributed by atoms with Crippen LogP contribution in [0.15, 0.2) is 18.2 Å². The molecule has 0 bridgehead atoms. The van der Waals surface area contributed by atoms with Gasteiger partial charge in [0.05, 0.1) is 12.0 Å². The number of hydrogen-bond acceptors (Lipinski definition) is 4. The third-order valence-electron chi connectivity index (χ3n) is 3.87. The van der Waals surface area contributed by atoms with E-state index in [1.165, 1.54) is 0 Å². The van der Waals surface area contributed by atoms with Gasteiger partial charge in [0.1, 0.15) is 13.2 Å². The molecule has 2 heterocycles. The molecule has 1 saturated heterocycles. The fraction of sp³-hybridized carbons (Fsp3) is 0.533. The number of nitrogens with zero attached hydrogens (tertiary/aromatic N) is 1. The first kappa shape index (κ1) is 12.3. The molecule has 2 unspecified atom stereocenters. The second kappa shape index (κ2) is 5.50. The molecule has 100 valence electrons. The molecule has 2 aliphatic rings. The molecule has 0 amide bonds. The van der Waals surface area contributed by atoms with E-state index in [-0.39, 0.29) is 5.92 Å². The first-order chi connectivity index (χ1) is 9.38. The fourth-order valence-electron chi connectivity index (χ4n) is 2.87. The monoisotopic (exact) mass is 258 g/mol.